The highest BCUT2D eigenvalue weighted by molar-refractivity contribution is 7.89. The summed E-state index contributed by atoms with van der Waals surface area (Å²) in [5.74, 6) is 0.957. The molecule has 118 valence electrons. The van der Waals surface area contributed by atoms with Gasteiger partial charge in [-0.05, 0) is 57.5 Å². The molecular formula is C15H30N2O2S. The number of hydrogen-bond donors (Lipinski definition) is 1. The molecule has 2 rings (SSSR count). The van der Waals surface area contributed by atoms with Crippen LogP contribution in [0.3, 0.4) is 0 Å². The van der Waals surface area contributed by atoms with Gasteiger partial charge in [-0.25, -0.2) is 8.42 Å². The molecule has 0 aromatic rings. The van der Waals surface area contributed by atoms with Gasteiger partial charge in [0, 0.05) is 12.6 Å². The van der Waals surface area contributed by atoms with Crippen molar-refractivity contribution in [3.05, 3.63) is 0 Å². The average molecular weight is 302 g/mol. The fraction of sp³-hybridized carbons (Fsp3) is 1.00. The van der Waals surface area contributed by atoms with Crippen LogP contribution in [0.25, 0.3) is 0 Å². The third-order valence-corrected chi connectivity index (χ3v) is 6.74. The van der Waals surface area contributed by atoms with Crippen molar-refractivity contribution in [1.82, 2.24) is 9.62 Å². The molecule has 1 unspecified atom stereocenters. The molecule has 2 heterocycles. The van der Waals surface area contributed by atoms with Crippen LogP contribution in [0.1, 0.15) is 58.3 Å². The lowest BCUT2D eigenvalue weighted by Gasteiger charge is -2.35. The summed E-state index contributed by atoms with van der Waals surface area (Å²) in [5, 5.41) is 3.34. The smallest absolute Gasteiger partial charge is 0.214 e. The maximum atomic E-state index is 12.6. The van der Waals surface area contributed by atoms with Crippen molar-refractivity contribution in [2.45, 2.75) is 64.3 Å². The van der Waals surface area contributed by atoms with Crippen LogP contribution in [-0.4, -0.2) is 44.2 Å². The molecule has 2 saturated heterocycles. The Balaban J connectivity index is 1.89. The van der Waals surface area contributed by atoms with Gasteiger partial charge in [0.15, 0.2) is 0 Å². The Morgan fingerprint density at radius 2 is 1.85 bits per heavy atom. The molecular weight excluding hydrogens is 272 g/mol. The van der Waals surface area contributed by atoms with Gasteiger partial charge in [-0.3, -0.25) is 0 Å². The van der Waals surface area contributed by atoms with Gasteiger partial charge in [-0.15, -0.1) is 0 Å². The molecule has 1 atom stereocenters. The van der Waals surface area contributed by atoms with Gasteiger partial charge < -0.3 is 5.32 Å². The minimum absolute atomic E-state index is 0.270. The third kappa shape index (κ3) is 4.43. The summed E-state index contributed by atoms with van der Waals surface area (Å²) in [5.41, 5.74) is 0. The van der Waals surface area contributed by atoms with E-state index in [1.165, 1.54) is 6.42 Å². The lowest BCUT2D eigenvalue weighted by molar-refractivity contribution is 0.238. The maximum Gasteiger partial charge on any atom is 0.214 e. The molecule has 5 heteroatoms. The van der Waals surface area contributed by atoms with E-state index in [1.54, 1.807) is 0 Å². The number of sulfonamides is 1. The molecule has 0 amide bonds. The highest BCUT2D eigenvalue weighted by Crippen LogP contribution is 2.26. The first-order valence-electron chi connectivity index (χ1n) is 8.33. The molecule has 0 radical (unpaired) electrons. The molecule has 4 nitrogen and oxygen atoms in total. The van der Waals surface area contributed by atoms with Crippen molar-refractivity contribution in [3.63, 3.8) is 0 Å². The van der Waals surface area contributed by atoms with E-state index in [-0.39, 0.29) is 6.04 Å². The van der Waals surface area contributed by atoms with E-state index in [1.807, 2.05) is 4.31 Å². The second-order valence-corrected chi connectivity index (χ2v) is 8.39. The number of rotatable bonds is 6. The van der Waals surface area contributed by atoms with Crippen molar-refractivity contribution >= 4 is 10.0 Å². The van der Waals surface area contributed by atoms with E-state index in [9.17, 15) is 8.42 Å². The van der Waals surface area contributed by atoms with Crippen LogP contribution >= 0.6 is 0 Å². The number of piperidine rings is 2. The quantitative estimate of drug-likeness (QED) is 0.819. The van der Waals surface area contributed by atoms with Gasteiger partial charge in [0.2, 0.25) is 10.0 Å². The van der Waals surface area contributed by atoms with Crippen molar-refractivity contribution in [3.8, 4) is 0 Å². The van der Waals surface area contributed by atoms with Crippen LogP contribution in [0, 0.1) is 5.92 Å². The Morgan fingerprint density at radius 3 is 2.55 bits per heavy atom. The summed E-state index contributed by atoms with van der Waals surface area (Å²) in [7, 11) is -3.04. The summed E-state index contributed by atoms with van der Waals surface area (Å²) >= 11 is 0. The molecule has 2 aliphatic heterocycles. The van der Waals surface area contributed by atoms with Crippen LogP contribution in [0.5, 0.6) is 0 Å². The van der Waals surface area contributed by atoms with Crippen molar-refractivity contribution < 1.29 is 8.42 Å². The normalized spacial score (nSPS) is 26.8. The molecule has 2 fully saturated rings. The first-order chi connectivity index (χ1) is 9.63. The van der Waals surface area contributed by atoms with Crippen LogP contribution in [0.4, 0.5) is 0 Å². The zero-order valence-corrected chi connectivity index (χ0v) is 13.6. The first kappa shape index (κ1) is 16.2. The lowest BCUT2D eigenvalue weighted by atomic mass is 9.96. The highest BCUT2D eigenvalue weighted by Gasteiger charge is 2.31. The Kier molecular flexibility index (Phi) is 6.30. The van der Waals surface area contributed by atoms with Crippen LogP contribution in [-0.2, 0) is 10.0 Å². The van der Waals surface area contributed by atoms with Crippen molar-refractivity contribution in [2.75, 3.05) is 25.4 Å². The van der Waals surface area contributed by atoms with E-state index in [4.69, 9.17) is 0 Å². The van der Waals surface area contributed by atoms with E-state index in [2.05, 4.69) is 12.2 Å². The second-order valence-electron chi connectivity index (χ2n) is 6.35. The molecule has 0 spiro atoms. The molecule has 2 aliphatic rings. The summed E-state index contributed by atoms with van der Waals surface area (Å²) in [6, 6.07) is 0.270. The number of nitrogens with zero attached hydrogens (tertiary/aromatic N) is 1. The van der Waals surface area contributed by atoms with Gasteiger partial charge in [-0.2, -0.15) is 4.31 Å². The molecule has 0 aliphatic carbocycles. The van der Waals surface area contributed by atoms with Gasteiger partial charge in [-0.1, -0.05) is 19.8 Å². The summed E-state index contributed by atoms with van der Waals surface area (Å²) in [6.45, 7) is 4.99. The maximum absolute atomic E-state index is 12.6. The van der Waals surface area contributed by atoms with Crippen molar-refractivity contribution in [2.24, 2.45) is 5.92 Å². The van der Waals surface area contributed by atoms with Crippen LogP contribution < -0.4 is 5.32 Å². The summed E-state index contributed by atoms with van der Waals surface area (Å²) in [4.78, 5) is 0. The minimum Gasteiger partial charge on any atom is -0.317 e. The first-order valence-corrected chi connectivity index (χ1v) is 9.94. The monoisotopic (exact) mass is 302 g/mol. The third-order valence-electron chi connectivity index (χ3n) is 4.80. The topological polar surface area (TPSA) is 49.4 Å². The van der Waals surface area contributed by atoms with Gasteiger partial charge in [0.25, 0.3) is 0 Å². The Labute approximate surface area is 124 Å². The summed E-state index contributed by atoms with van der Waals surface area (Å²) in [6.07, 6.45) is 8.48. The van der Waals surface area contributed by atoms with Crippen molar-refractivity contribution in [1.29, 1.82) is 0 Å². The molecule has 0 aromatic carbocycles. The molecule has 0 aromatic heterocycles. The van der Waals surface area contributed by atoms with Gasteiger partial charge in [0.1, 0.15) is 0 Å². The minimum atomic E-state index is -3.04. The largest absolute Gasteiger partial charge is 0.317 e. The predicted molar refractivity (Wildman–Crippen MR) is 83.3 cm³/mol. The van der Waals surface area contributed by atoms with E-state index >= 15 is 0 Å². The Hall–Kier alpha value is -0.130. The van der Waals surface area contributed by atoms with Crippen LogP contribution in [0.2, 0.25) is 0 Å². The fourth-order valence-electron chi connectivity index (χ4n) is 3.57. The standard InChI is InChI=1S/C15H30N2O2S/c1-2-5-15-6-3-4-12-17(15)20(18,19)13-9-14-7-10-16-11-8-14/h14-16H,2-13H2,1H3. The second kappa shape index (κ2) is 7.76. The predicted octanol–water partition coefficient (Wildman–Crippen LogP) is 2.36. The SMILES string of the molecule is CCCC1CCCCN1S(=O)(=O)CCC1CCNCC1. The fourth-order valence-corrected chi connectivity index (χ4v) is 5.50. The van der Waals surface area contributed by atoms with Gasteiger partial charge in [0.05, 0.1) is 5.75 Å². The average Bonchev–Trinajstić information content (AvgIpc) is 2.47. The highest BCUT2D eigenvalue weighted by atomic mass is 32.2. The van der Waals surface area contributed by atoms with Gasteiger partial charge >= 0.3 is 0 Å². The van der Waals surface area contributed by atoms with Crippen LogP contribution in [0.15, 0.2) is 0 Å². The Bertz CT molecular complexity index is 375. The lowest BCUT2D eigenvalue weighted by Crippen LogP contribution is -2.45. The number of nitrogens with one attached hydrogen (secondary N) is 1. The molecule has 0 bridgehead atoms. The molecule has 20 heavy (non-hydrogen) atoms. The zero-order chi connectivity index (χ0) is 14.4. The molecule has 0 saturated carbocycles. The Morgan fingerprint density at radius 1 is 1.10 bits per heavy atom. The summed E-state index contributed by atoms with van der Waals surface area (Å²) < 4.78 is 27.1. The van der Waals surface area contributed by atoms with E-state index in [0.29, 0.717) is 11.7 Å². The van der Waals surface area contributed by atoms with E-state index in [0.717, 1.165) is 64.6 Å². The zero-order valence-electron chi connectivity index (χ0n) is 12.8. The molecule has 1 N–H and O–H groups in total. The number of hydrogen-bond acceptors (Lipinski definition) is 3. The van der Waals surface area contributed by atoms with E-state index < -0.39 is 10.0 Å².